The van der Waals surface area contributed by atoms with E-state index >= 15 is 0 Å². The molecule has 17 heavy (non-hydrogen) atoms. The maximum absolute atomic E-state index is 9.10. The normalized spacial score (nSPS) is 10.9. The molecule has 0 amide bonds. The molecule has 0 aliphatic heterocycles. The van der Waals surface area contributed by atoms with E-state index in [1.807, 2.05) is 26.1 Å². The number of rotatable bonds is 2. The summed E-state index contributed by atoms with van der Waals surface area (Å²) in [5.74, 6) is 0. The molecule has 0 spiro atoms. The molecule has 0 bridgehead atoms. The molecule has 0 saturated heterocycles. The van der Waals surface area contributed by atoms with Crippen molar-refractivity contribution in [3.8, 4) is 6.07 Å². The molecule has 2 nitrogen and oxygen atoms in total. The van der Waals surface area contributed by atoms with Crippen molar-refractivity contribution >= 4 is 33.9 Å². The zero-order valence-electron chi connectivity index (χ0n) is 9.94. The Morgan fingerprint density at radius 2 is 2.00 bits per heavy atom. The Morgan fingerprint density at radius 3 is 2.59 bits per heavy atom. The molecule has 0 aliphatic carbocycles. The predicted octanol–water partition coefficient (Wildman–Crippen LogP) is 4.36. The number of nitrogens with zero attached hydrogens (tertiary/aromatic N) is 2. The van der Waals surface area contributed by atoms with Crippen molar-refractivity contribution in [3.63, 3.8) is 0 Å². The van der Waals surface area contributed by atoms with Gasteiger partial charge < -0.3 is 0 Å². The fraction of sp³-hybridized carbons (Fsp3) is 0.231. The van der Waals surface area contributed by atoms with Gasteiger partial charge in [0.15, 0.2) is 0 Å². The van der Waals surface area contributed by atoms with E-state index in [9.17, 15) is 0 Å². The minimum absolute atomic E-state index is 0.706. The first kappa shape index (κ1) is 12.0. The second kappa shape index (κ2) is 4.82. The molecule has 0 unspecified atom stereocenters. The minimum atomic E-state index is 0.706. The number of aryl methyl sites for hydroxylation is 2. The SMILES string of the molecule is Cc1ccc(C=Nc2sc(C)c(C)c2C#N)s1. The van der Waals surface area contributed by atoms with Crippen LogP contribution in [0.5, 0.6) is 0 Å². The van der Waals surface area contributed by atoms with Crippen LogP contribution in [0.2, 0.25) is 0 Å². The molecule has 2 rings (SSSR count). The molecule has 4 heteroatoms. The van der Waals surface area contributed by atoms with Crippen LogP contribution in [0.25, 0.3) is 0 Å². The van der Waals surface area contributed by atoms with Crippen LogP contribution in [-0.4, -0.2) is 6.21 Å². The van der Waals surface area contributed by atoms with Crippen molar-refractivity contribution in [2.24, 2.45) is 4.99 Å². The summed E-state index contributed by atoms with van der Waals surface area (Å²) in [6, 6.07) is 6.34. The van der Waals surface area contributed by atoms with Crippen LogP contribution in [0.1, 0.15) is 25.8 Å². The quantitative estimate of drug-likeness (QED) is 0.739. The van der Waals surface area contributed by atoms with E-state index in [1.54, 1.807) is 22.7 Å². The Morgan fingerprint density at radius 1 is 1.24 bits per heavy atom. The highest BCUT2D eigenvalue weighted by Crippen LogP contribution is 2.34. The zero-order valence-corrected chi connectivity index (χ0v) is 11.6. The van der Waals surface area contributed by atoms with Crippen molar-refractivity contribution in [1.29, 1.82) is 5.26 Å². The molecule has 2 aromatic rings. The third-order valence-electron chi connectivity index (χ3n) is 2.55. The lowest BCUT2D eigenvalue weighted by Gasteiger charge is -1.88. The van der Waals surface area contributed by atoms with Gasteiger partial charge in [-0.15, -0.1) is 22.7 Å². The van der Waals surface area contributed by atoms with Crippen molar-refractivity contribution in [3.05, 3.63) is 37.9 Å². The van der Waals surface area contributed by atoms with Crippen molar-refractivity contribution < 1.29 is 0 Å². The third kappa shape index (κ3) is 2.46. The Kier molecular flexibility index (Phi) is 3.41. The first-order valence-corrected chi connectivity index (χ1v) is 6.85. The lowest BCUT2D eigenvalue weighted by atomic mass is 10.2. The van der Waals surface area contributed by atoms with Crippen molar-refractivity contribution in [2.75, 3.05) is 0 Å². The van der Waals surface area contributed by atoms with E-state index < -0.39 is 0 Å². The summed E-state index contributed by atoms with van der Waals surface area (Å²) >= 11 is 3.28. The summed E-state index contributed by atoms with van der Waals surface area (Å²) in [6.45, 7) is 6.07. The molecule has 0 aliphatic rings. The molecular weight excluding hydrogens is 248 g/mol. The lowest BCUT2D eigenvalue weighted by molar-refractivity contribution is 1.38. The second-order valence-corrected chi connectivity index (χ2v) is 6.30. The summed E-state index contributed by atoms with van der Waals surface area (Å²) in [7, 11) is 0. The Balaban J connectivity index is 2.34. The number of aliphatic imine (C=N–C) groups is 1. The number of hydrogen-bond acceptors (Lipinski definition) is 4. The molecule has 86 valence electrons. The van der Waals surface area contributed by atoms with Crippen LogP contribution in [-0.2, 0) is 0 Å². The Bertz CT molecular complexity index is 612. The van der Waals surface area contributed by atoms with Gasteiger partial charge in [-0.05, 0) is 38.5 Å². The van der Waals surface area contributed by atoms with Gasteiger partial charge in [0.05, 0.1) is 5.56 Å². The number of thiophene rings is 2. The number of hydrogen-bond donors (Lipinski definition) is 0. The van der Waals surface area contributed by atoms with Crippen LogP contribution in [0, 0.1) is 32.1 Å². The smallest absolute Gasteiger partial charge is 0.134 e. The van der Waals surface area contributed by atoms with Gasteiger partial charge in [-0.25, -0.2) is 4.99 Å². The number of nitriles is 1. The summed E-state index contributed by atoms with van der Waals surface area (Å²) < 4.78 is 0. The molecule has 0 atom stereocenters. The average molecular weight is 260 g/mol. The monoisotopic (exact) mass is 260 g/mol. The van der Waals surface area contributed by atoms with Crippen LogP contribution in [0.4, 0.5) is 5.00 Å². The Labute approximate surface area is 109 Å². The molecule has 0 saturated carbocycles. The van der Waals surface area contributed by atoms with Crippen LogP contribution in [0.3, 0.4) is 0 Å². The zero-order chi connectivity index (χ0) is 12.4. The summed E-state index contributed by atoms with van der Waals surface area (Å²) in [5.41, 5.74) is 1.75. The van der Waals surface area contributed by atoms with Crippen LogP contribution in [0.15, 0.2) is 17.1 Å². The molecule has 0 N–H and O–H groups in total. The van der Waals surface area contributed by atoms with Crippen LogP contribution < -0.4 is 0 Å². The Hall–Kier alpha value is -1.44. The molecular formula is C13H12N2S2. The van der Waals surface area contributed by atoms with Gasteiger partial charge in [0.1, 0.15) is 11.1 Å². The standard InChI is InChI=1S/C13H12N2S2/c1-8-4-5-11(16-8)7-15-13-12(6-14)9(2)10(3)17-13/h4-5,7H,1-3H3. The fourth-order valence-electron chi connectivity index (χ4n) is 1.48. The van der Waals surface area contributed by atoms with Gasteiger partial charge in [0.2, 0.25) is 0 Å². The van der Waals surface area contributed by atoms with Gasteiger partial charge in [-0.3, -0.25) is 0 Å². The largest absolute Gasteiger partial charge is 0.243 e. The van der Waals surface area contributed by atoms with Gasteiger partial charge >= 0.3 is 0 Å². The topological polar surface area (TPSA) is 36.1 Å². The highest BCUT2D eigenvalue weighted by atomic mass is 32.1. The average Bonchev–Trinajstić information content (AvgIpc) is 2.82. The van der Waals surface area contributed by atoms with E-state index in [0.717, 1.165) is 20.3 Å². The first-order valence-electron chi connectivity index (χ1n) is 5.22. The maximum atomic E-state index is 9.10. The van der Waals surface area contributed by atoms with E-state index in [2.05, 4.69) is 24.1 Å². The first-order chi connectivity index (χ1) is 8.11. The van der Waals surface area contributed by atoms with E-state index in [4.69, 9.17) is 5.26 Å². The maximum Gasteiger partial charge on any atom is 0.134 e. The van der Waals surface area contributed by atoms with Gasteiger partial charge in [-0.2, -0.15) is 5.26 Å². The predicted molar refractivity (Wildman–Crippen MR) is 74.8 cm³/mol. The van der Waals surface area contributed by atoms with Gasteiger partial charge in [-0.1, -0.05) is 0 Å². The lowest BCUT2D eigenvalue weighted by Crippen LogP contribution is -1.76. The fourth-order valence-corrected chi connectivity index (χ4v) is 3.18. The molecule has 0 aromatic carbocycles. The highest BCUT2D eigenvalue weighted by Gasteiger charge is 2.10. The highest BCUT2D eigenvalue weighted by molar-refractivity contribution is 7.16. The molecule has 2 heterocycles. The van der Waals surface area contributed by atoms with Gasteiger partial charge in [0.25, 0.3) is 0 Å². The van der Waals surface area contributed by atoms with Crippen molar-refractivity contribution in [1.82, 2.24) is 0 Å². The van der Waals surface area contributed by atoms with E-state index in [1.165, 1.54) is 4.88 Å². The molecule has 0 fully saturated rings. The van der Waals surface area contributed by atoms with Crippen LogP contribution >= 0.6 is 22.7 Å². The summed E-state index contributed by atoms with van der Waals surface area (Å²) in [6.07, 6.45) is 1.84. The summed E-state index contributed by atoms with van der Waals surface area (Å²) in [5, 5.41) is 9.91. The second-order valence-electron chi connectivity index (χ2n) is 3.78. The van der Waals surface area contributed by atoms with Crippen molar-refractivity contribution in [2.45, 2.75) is 20.8 Å². The third-order valence-corrected chi connectivity index (χ3v) is 4.60. The minimum Gasteiger partial charge on any atom is -0.243 e. The van der Waals surface area contributed by atoms with Gasteiger partial charge in [0, 0.05) is 20.8 Å². The summed E-state index contributed by atoms with van der Waals surface area (Å²) in [4.78, 5) is 7.98. The molecule has 2 aromatic heterocycles. The molecule has 0 radical (unpaired) electrons. The van der Waals surface area contributed by atoms with E-state index in [0.29, 0.717) is 5.56 Å². The van der Waals surface area contributed by atoms with E-state index in [-0.39, 0.29) is 0 Å².